The van der Waals surface area contributed by atoms with Gasteiger partial charge in [-0.05, 0) is 37.1 Å². The molecule has 1 unspecified atom stereocenters. The summed E-state index contributed by atoms with van der Waals surface area (Å²) in [6.07, 6.45) is -0.163. The highest BCUT2D eigenvalue weighted by molar-refractivity contribution is 5.92. The largest absolute Gasteiger partial charge is 0.454 e. The Kier molecular flexibility index (Phi) is 5.18. The summed E-state index contributed by atoms with van der Waals surface area (Å²) in [6.45, 7) is 2.16. The van der Waals surface area contributed by atoms with Crippen LogP contribution < -0.4 is 14.8 Å². The predicted molar refractivity (Wildman–Crippen MR) is 90.6 cm³/mol. The van der Waals surface area contributed by atoms with Gasteiger partial charge in [-0.1, -0.05) is 30.3 Å². The van der Waals surface area contributed by atoms with Crippen molar-refractivity contribution in [3.63, 3.8) is 0 Å². The Bertz CT molecular complexity index is 760. The minimum absolute atomic E-state index is 0.133. The van der Waals surface area contributed by atoms with Crippen LogP contribution in [-0.2, 0) is 16.0 Å². The number of hydrogen-bond acceptors (Lipinski definition) is 5. The van der Waals surface area contributed by atoms with Gasteiger partial charge in [-0.25, -0.2) is 4.79 Å². The third-order valence-electron chi connectivity index (χ3n) is 3.82. The van der Waals surface area contributed by atoms with E-state index in [4.69, 9.17) is 14.2 Å². The second-order valence-corrected chi connectivity index (χ2v) is 5.64. The molecule has 0 saturated heterocycles. The minimum atomic E-state index is -0.881. The maximum absolute atomic E-state index is 12.2. The Morgan fingerprint density at radius 1 is 1.12 bits per heavy atom. The van der Waals surface area contributed by atoms with E-state index in [0.29, 0.717) is 23.6 Å². The summed E-state index contributed by atoms with van der Waals surface area (Å²) in [5.74, 6) is 0.173. The number of rotatable bonds is 6. The highest BCUT2D eigenvalue weighted by Gasteiger charge is 2.21. The summed E-state index contributed by atoms with van der Waals surface area (Å²) in [5.41, 5.74) is 1.45. The monoisotopic (exact) mass is 341 g/mol. The van der Waals surface area contributed by atoms with Crippen LogP contribution in [0.2, 0.25) is 0 Å². The summed E-state index contributed by atoms with van der Waals surface area (Å²) in [4.78, 5) is 24.2. The summed E-state index contributed by atoms with van der Waals surface area (Å²) in [5, 5.41) is 2.77. The van der Waals surface area contributed by atoms with Gasteiger partial charge in [-0.3, -0.25) is 4.79 Å². The fourth-order valence-corrected chi connectivity index (χ4v) is 2.42. The van der Waals surface area contributed by atoms with Crippen molar-refractivity contribution in [3.05, 3.63) is 59.7 Å². The van der Waals surface area contributed by atoms with Crippen LogP contribution in [0.3, 0.4) is 0 Å². The number of esters is 1. The van der Waals surface area contributed by atoms with Gasteiger partial charge < -0.3 is 19.5 Å². The van der Waals surface area contributed by atoms with Crippen molar-refractivity contribution in [2.24, 2.45) is 0 Å². The van der Waals surface area contributed by atoms with E-state index in [1.165, 1.54) is 0 Å². The summed E-state index contributed by atoms with van der Waals surface area (Å²) < 4.78 is 15.6. The molecule has 2 aromatic rings. The van der Waals surface area contributed by atoms with Crippen molar-refractivity contribution in [1.82, 2.24) is 5.32 Å². The second kappa shape index (κ2) is 7.70. The van der Waals surface area contributed by atoms with E-state index in [-0.39, 0.29) is 12.7 Å². The van der Waals surface area contributed by atoms with Gasteiger partial charge in [0.2, 0.25) is 6.79 Å². The molecule has 1 aliphatic heterocycles. The van der Waals surface area contributed by atoms with Crippen LogP contribution in [0.25, 0.3) is 0 Å². The molecular formula is C19H19NO5. The lowest BCUT2D eigenvalue weighted by atomic mass is 10.1. The predicted octanol–water partition coefficient (Wildman–Crippen LogP) is 2.32. The maximum atomic E-state index is 12.2. The van der Waals surface area contributed by atoms with E-state index >= 15 is 0 Å². The van der Waals surface area contributed by atoms with Crippen molar-refractivity contribution < 1.29 is 23.8 Å². The SMILES string of the molecule is CC(OC(=O)c1ccc2c(c1)OCO2)C(=O)NCCc1ccccc1. The zero-order chi connectivity index (χ0) is 17.6. The normalized spacial score (nSPS) is 13.2. The number of benzene rings is 2. The van der Waals surface area contributed by atoms with Gasteiger partial charge in [-0.15, -0.1) is 0 Å². The van der Waals surface area contributed by atoms with E-state index in [2.05, 4.69) is 5.32 Å². The number of amides is 1. The summed E-state index contributed by atoms with van der Waals surface area (Å²) in [7, 11) is 0. The van der Waals surface area contributed by atoms with Crippen LogP contribution in [0.15, 0.2) is 48.5 Å². The molecule has 1 amide bonds. The second-order valence-electron chi connectivity index (χ2n) is 5.64. The van der Waals surface area contributed by atoms with E-state index in [0.717, 1.165) is 12.0 Å². The molecule has 1 heterocycles. The Balaban J connectivity index is 1.48. The first kappa shape index (κ1) is 16.8. The van der Waals surface area contributed by atoms with E-state index in [1.807, 2.05) is 30.3 Å². The van der Waals surface area contributed by atoms with Crippen molar-refractivity contribution in [2.45, 2.75) is 19.4 Å². The molecule has 3 rings (SSSR count). The first-order valence-corrected chi connectivity index (χ1v) is 8.06. The van der Waals surface area contributed by atoms with Crippen LogP contribution in [0.4, 0.5) is 0 Å². The van der Waals surface area contributed by atoms with E-state index in [1.54, 1.807) is 25.1 Å². The van der Waals surface area contributed by atoms with Gasteiger partial charge in [0.05, 0.1) is 5.56 Å². The smallest absolute Gasteiger partial charge is 0.339 e. The average Bonchev–Trinajstić information content (AvgIpc) is 3.10. The molecule has 0 spiro atoms. The molecule has 0 saturated carbocycles. The quantitative estimate of drug-likeness (QED) is 0.816. The molecule has 0 aromatic heterocycles. The molecule has 0 aliphatic carbocycles. The van der Waals surface area contributed by atoms with Gasteiger partial charge in [0.15, 0.2) is 17.6 Å². The molecule has 1 N–H and O–H groups in total. The molecular weight excluding hydrogens is 322 g/mol. The van der Waals surface area contributed by atoms with Crippen molar-refractivity contribution >= 4 is 11.9 Å². The zero-order valence-corrected chi connectivity index (χ0v) is 13.9. The van der Waals surface area contributed by atoms with Gasteiger partial charge >= 0.3 is 5.97 Å². The Morgan fingerprint density at radius 3 is 2.68 bits per heavy atom. The number of hydrogen-bond donors (Lipinski definition) is 1. The van der Waals surface area contributed by atoms with Gasteiger partial charge in [0, 0.05) is 6.54 Å². The van der Waals surface area contributed by atoms with Gasteiger partial charge in [-0.2, -0.15) is 0 Å². The zero-order valence-electron chi connectivity index (χ0n) is 13.9. The van der Waals surface area contributed by atoms with Crippen molar-refractivity contribution in [1.29, 1.82) is 0 Å². The molecule has 6 heteroatoms. The third-order valence-corrected chi connectivity index (χ3v) is 3.82. The summed E-state index contributed by atoms with van der Waals surface area (Å²) in [6, 6.07) is 14.6. The van der Waals surface area contributed by atoms with Crippen LogP contribution in [0, 0.1) is 0 Å². The first-order chi connectivity index (χ1) is 12.1. The van der Waals surface area contributed by atoms with Gasteiger partial charge in [0.1, 0.15) is 0 Å². The molecule has 6 nitrogen and oxygen atoms in total. The summed E-state index contributed by atoms with van der Waals surface area (Å²) >= 11 is 0. The standard InChI is InChI=1S/C19H19NO5/c1-13(18(21)20-10-9-14-5-3-2-4-6-14)25-19(22)15-7-8-16-17(11-15)24-12-23-16/h2-8,11,13H,9-10,12H2,1H3,(H,20,21). The first-order valence-electron chi connectivity index (χ1n) is 8.06. The minimum Gasteiger partial charge on any atom is -0.454 e. The van der Waals surface area contributed by atoms with E-state index in [9.17, 15) is 9.59 Å². The fourth-order valence-electron chi connectivity index (χ4n) is 2.42. The lowest BCUT2D eigenvalue weighted by Gasteiger charge is -2.13. The number of nitrogens with one attached hydrogen (secondary N) is 1. The van der Waals surface area contributed by atoms with Crippen molar-refractivity contribution in [3.8, 4) is 11.5 Å². The molecule has 0 fully saturated rings. The third kappa shape index (κ3) is 4.29. The molecule has 2 aromatic carbocycles. The highest BCUT2D eigenvalue weighted by atomic mass is 16.7. The number of carbonyl (C=O) groups excluding carboxylic acids is 2. The average molecular weight is 341 g/mol. The molecule has 130 valence electrons. The van der Waals surface area contributed by atoms with Gasteiger partial charge in [0.25, 0.3) is 5.91 Å². The molecule has 0 bridgehead atoms. The lowest BCUT2D eigenvalue weighted by molar-refractivity contribution is -0.129. The molecule has 0 radical (unpaired) electrons. The molecule has 1 atom stereocenters. The topological polar surface area (TPSA) is 73.9 Å². The van der Waals surface area contributed by atoms with Crippen LogP contribution >= 0.6 is 0 Å². The number of ether oxygens (including phenoxy) is 3. The number of fused-ring (bicyclic) bond motifs is 1. The van der Waals surface area contributed by atoms with Crippen LogP contribution in [-0.4, -0.2) is 31.3 Å². The van der Waals surface area contributed by atoms with Crippen molar-refractivity contribution in [2.75, 3.05) is 13.3 Å². The lowest BCUT2D eigenvalue weighted by Crippen LogP contribution is -2.36. The Labute approximate surface area is 145 Å². The molecule has 25 heavy (non-hydrogen) atoms. The van der Waals surface area contributed by atoms with Crippen LogP contribution in [0.1, 0.15) is 22.8 Å². The van der Waals surface area contributed by atoms with Crippen LogP contribution in [0.5, 0.6) is 11.5 Å². The fraction of sp³-hybridized carbons (Fsp3) is 0.263. The Hall–Kier alpha value is -3.02. The molecule has 1 aliphatic rings. The number of carbonyl (C=O) groups is 2. The maximum Gasteiger partial charge on any atom is 0.339 e. The highest BCUT2D eigenvalue weighted by Crippen LogP contribution is 2.32. The van der Waals surface area contributed by atoms with E-state index < -0.39 is 12.1 Å². The Morgan fingerprint density at radius 2 is 1.88 bits per heavy atom.